The second-order valence-corrected chi connectivity index (χ2v) is 4.32. The Kier molecular flexibility index (Phi) is 2.11. The molecule has 0 aromatic heterocycles. The van der Waals surface area contributed by atoms with Crippen LogP contribution >= 0.6 is 0 Å². The molecule has 84 valence electrons. The molecule has 0 unspecified atom stereocenters. The Hall–Kier alpha value is -1.96. The first-order valence-corrected chi connectivity index (χ1v) is 5.56. The van der Waals surface area contributed by atoms with Crippen LogP contribution in [-0.2, 0) is 4.79 Å². The van der Waals surface area contributed by atoms with E-state index in [1.165, 1.54) is 0 Å². The number of carbonyl (C=O) groups is 1. The molecule has 0 spiro atoms. The number of Topliss-reactive ketones (excluding diaryl/α,β-unsaturated/α-hetero) is 1. The van der Waals surface area contributed by atoms with Crippen LogP contribution in [-0.4, -0.2) is 12.5 Å². The van der Waals surface area contributed by atoms with E-state index < -0.39 is 6.67 Å². The van der Waals surface area contributed by atoms with Crippen molar-refractivity contribution in [3.63, 3.8) is 0 Å². The lowest BCUT2D eigenvalue weighted by molar-refractivity contribution is -0.111. The van der Waals surface area contributed by atoms with Gasteiger partial charge in [0.2, 0.25) is 0 Å². The Morgan fingerprint density at radius 1 is 1.12 bits per heavy atom. The van der Waals surface area contributed by atoms with Gasteiger partial charge in [-0.25, -0.2) is 4.39 Å². The summed E-state index contributed by atoms with van der Waals surface area (Å²) in [7, 11) is 0. The lowest BCUT2D eigenvalue weighted by Gasteiger charge is -2.15. The van der Waals surface area contributed by atoms with Crippen molar-refractivity contribution >= 4 is 17.4 Å². The number of carbonyl (C=O) groups excluding carboxylic acids is 1. The molecule has 0 N–H and O–H groups in total. The highest BCUT2D eigenvalue weighted by molar-refractivity contribution is 6.26. The zero-order chi connectivity index (χ0) is 12.0. The molecule has 0 atom stereocenters. The second kappa shape index (κ2) is 3.52. The molecular weight excluding hydrogens is 215 g/mol. The molecule has 0 bridgehead atoms. The van der Waals surface area contributed by atoms with Crippen molar-refractivity contribution in [1.82, 2.24) is 0 Å². The van der Waals surface area contributed by atoms with Gasteiger partial charge in [-0.1, -0.05) is 24.3 Å². The van der Waals surface area contributed by atoms with Gasteiger partial charge in [-0.15, -0.1) is 0 Å². The number of benzene rings is 1. The molecule has 2 aliphatic carbocycles. The van der Waals surface area contributed by atoms with Crippen LogP contribution in [0.25, 0.3) is 11.6 Å². The minimum Gasteiger partial charge on any atom is -0.289 e. The number of hydrogen-bond acceptors (Lipinski definition) is 1. The molecule has 0 saturated heterocycles. The lowest BCUT2D eigenvalue weighted by Crippen LogP contribution is -2.11. The normalized spacial score (nSPS) is 17.6. The summed E-state index contributed by atoms with van der Waals surface area (Å²) >= 11 is 0. The van der Waals surface area contributed by atoms with Gasteiger partial charge in [-0.2, -0.15) is 0 Å². The Balaban J connectivity index is 2.24. The number of fused-ring (bicyclic) bond motifs is 3. The van der Waals surface area contributed by atoms with Crippen LogP contribution in [0.1, 0.15) is 18.1 Å². The maximum Gasteiger partial charge on any atom is 0.189 e. The molecule has 2 aliphatic rings. The van der Waals surface area contributed by atoms with E-state index in [2.05, 4.69) is 0 Å². The Labute approximate surface area is 99.0 Å². The molecule has 0 heterocycles. The second-order valence-electron chi connectivity index (χ2n) is 4.32. The largest absolute Gasteiger partial charge is 0.289 e. The fourth-order valence-corrected chi connectivity index (χ4v) is 2.36. The van der Waals surface area contributed by atoms with E-state index in [4.69, 9.17) is 0 Å². The monoisotopic (exact) mass is 226 g/mol. The van der Waals surface area contributed by atoms with Crippen molar-refractivity contribution in [1.29, 1.82) is 0 Å². The van der Waals surface area contributed by atoms with E-state index in [0.29, 0.717) is 16.7 Å². The third-order valence-corrected chi connectivity index (χ3v) is 3.37. The number of allylic oxidation sites excluding steroid dienone is 5. The molecule has 0 aliphatic heterocycles. The van der Waals surface area contributed by atoms with Gasteiger partial charge in [0.05, 0.1) is 0 Å². The van der Waals surface area contributed by atoms with Gasteiger partial charge in [-0.05, 0) is 41.3 Å². The maximum atomic E-state index is 12.9. The lowest BCUT2D eigenvalue weighted by atomic mass is 9.88. The molecular formula is C15H11FO. The standard InChI is InChI=1S/C15H11FO/c1-9-11(8-16)7-13-12-5-3-2-4-10(12)6-14(13)15(9)17/h2-7H,8H2,1H3. The topological polar surface area (TPSA) is 17.1 Å². The van der Waals surface area contributed by atoms with Crippen LogP contribution in [0.3, 0.4) is 0 Å². The van der Waals surface area contributed by atoms with Crippen molar-refractivity contribution in [3.05, 3.63) is 58.2 Å². The van der Waals surface area contributed by atoms with Gasteiger partial charge in [-0.3, -0.25) is 4.79 Å². The van der Waals surface area contributed by atoms with Gasteiger partial charge >= 0.3 is 0 Å². The van der Waals surface area contributed by atoms with E-state index in [-0.39, 0.29) is 5.78 Å². The fourth-order valence-electron chi connectivity index (χ4n) is 2.36. The minimum atomic E-state index is -0.587. The summed E-state index contributed by atoms with van der Waals surface area (Å²) in [5, 5.41) is 0. The summed E-state index contributed by atoms with van der Waals surface area (Å²) in [4.78, 5) is 12.1. The van der Waals surface area contributed by atoms with Gasteiger partial charge in [0.1, 0.15) is 6.67 Å². The van der Waals surface area contributed by atoms with Crippen molar-refractivity contribution in [2.24, 2.45) is 0 Å². The average Bonchev–Trinajstić information content (AvgIpc) is 2.72. The highest BCUT2D eigenvalue weighted by atomic mass is 19.1. The van der Waals surface area contributed by atoms with Crippen LogP contribution in [0.2, 0.25) is 0 Å². The Bertz CT molecular complexity index is 618. The summed E-state index contributed by atoms with van der Waals surface area (Å²) in [6, 6.07) is 7.81. The summed E-state index contributed by atoms with van der Waals surface area (Å²) in [6.45, 7) is 1.10. The van der Waals surface area contributed by atoms with Crippen LogP contribution in [0.4, 0.5) is 4.39 Å². The number of rotatable bonds is 1. The number of hydrogen-bond donors (Lipinski definition) is 0. The van der Waals surface area contributed by atoms with E-state index in [1.807, 2.05) is 30.3 Å². The van der Waals surface area contributed by atoms with Crippen LogP contribution < -0.4 is 0 Å². The van der Waals surface area contributed by atoms with Crippen LogP contribution in [0.15, 0.2) is 47.1 Å². The van der Waals surface area contributed by atoms with Crippen molar-refractivity contribution < 1.29 is 9.18 Å². The van der Waals surface area contributed by atoms with Gasteiger partial charge in [0.15, 0.2) is 5.78 Å². The highest BCUT2D eigenvalue weighted by Crippen LogP contribution is 2.40. The molecule has 0 fully saturated rings. The Morgan fingerprint density at radius 3 is 2.65 bits per heavy atom. The smallest absolute Gasteiger partial charge is 0.189 e. The minimum absolute atomic E-state index is 0.0497. The zero-order valence-electron chi connectivity index (χ0n) is 9.46. The van der Waals surface area contributed by atoms with Crippen LogP contribution in [0.5, 0.6) is 0 Å². The third-order valence-electron chi connectivity index (χ3n) is 3.37. The van der Waals surface area contributed by atoms with Crippen molar-refractivity contribution in [3.8, 4) is 0 Å². The quantitative estimate of drug-likeness (QED) is 0.717. The summed E-state index contributed by atoms with van der Waals surface area (Å²) < 4.78 is 12.9. The van der Waals surface area contributed by atoms with Gasteiger partial charge < -0.3 is 0 Å². The number of ketones is 1. The Morgan fingerprint density at radius 2 is 1.88 bits per heavy atom. The molecule has 1 nitrogen and oxygen atoms in total. The summed E-state index contributed by atoms with van der Waals surface area (Å²) in [5.41, 5.74) is 4.64. The predicted molar refractivity (Wildman–Crippen MR) is 66.1 cm³/mol. The predicted octanol–water partition coefficient (Wildman–Crippen LogP) is 3.34. The first-order valence-electron chi connectivity index (χ1n) is 5.56. The van der Waals surface area contributed by atoms with Crippen molar-refractivity contribution in [2.75, 3.05) is 6.67 Å². The highest BCUT2D eigenvalue weighted by Gasteiger charge is 2.29. The molecule has 0 amide bonds. The fraction of sp³-hybridized carbons (Fsp3) is 0.133. The third kappa shape index (κ3) is 1.34. The van der Waals surface area contributed by atoms with E-state index in [1.54, 1.807) is 13.0 Å². The summed E-state index contributed by atoms with van der Waals surface area (Å²) in [6.07, 6.45) is 3.69. The number of alkyl halides is 1. The SMILES string of the molecule is CC1=C(CF)C=C2C(=Cc3ccccc32)C1=O. The molecule has 2 heteroatoms. The molecule has 3 rings (SSSR count). The summed E-state index contributed by atoms with van der Waals surface area (Å²) in [5.74, 6) is -0.0497. The van der Waals surface area contributed by atoms with E-state index >= 15 is 0 Å². The first kappa shape index (κ1) is 10.2. The number of halogens is 1. The molecule has 0 saturated carbocycles. The van der Waals surface area contributed by atoms with Crippen LogP contribution in [0, 0.1) is 0 Å². The molecule has 1 aromatic carbocycles. The van der Waals surface area contributed by atoms with Crippen molar-refractivity contribution in [2.45, 2.75) is 6.92 Å². The molecule has 0 radical (unpaired) electrons. The molecule has 1 aromatic rings. The molecule has 17 heavy (non-hydrogen) atoms. The maximum absolute atomic E-state index is 12.9. The zero-order valence-corrected chi connectivity index (χ0v) is 9.46. The van der Waals surface area contributed by atoms with E-state index in [9.17, 15) is 9.18 Å². The van der Waals surface area contributed by atoms with Gasteiger partial charge in [0, 0.05) is 11.1 Å². The average molecular weight is 226 g/mol. The van der Waals surface area contributed by atoms with Gasteiger partial charge in [0.25, 0.3) is 0 Å². The first-order chi connectivity index (χ1) is 8.22. The van der Waals surface area contributed by atoms with E-state index in [0.717, 1.165) is 16.7 Å².